The van der Waals surface area contributed by atoms with Crippen LogP contribution in [-0.4, -0.2) is 15.0 Å². The summed E-state index contributed by atoms with van der Waals surface area (Å²) in [5.41, 5.74) is 11.5. The highest BCUT2D eigenvalue weighted by Crippen LogP contribution is 2.42. The first kappa shape index (κ1) is 37.7. The van der Waals surface area contributed by atoms with Crippen LogP contribution in [0.3, 0.4) is 0 Å². The van der Waals surface area contributed by atoms with Crippen LogP contribution in [0.5, 0.6) is 0 Å². The molecule has 0 unspecified atom stereocenters. The maximum Gasteiger partial charge on any atom is 0.160 e. The Bertz CT molecular complexity index is 3780. The molecule has 13 rings (SSSR count). The Morgan fingerprint density at radius 2 is 0.545 bits per heavy atom. The van der Waals surface area contributed by atoms with Crippen LogP contribution in [0.25, 0.3) is 132 Å². The van der Waals surface area contributed by atoms with Gasteiger partial charge in [-0.05, 0) is 147 Å². The van der Waals surface area contributed by atoms with E-state index in [1.807, 2.05) is 42.7 Å². The van der Waals surface area contributed by atoms with Gasteiger partial charge in [-0.1, -0.05) is 176 Å². The van der Waals surface area contributed by atoms with Crippen LogP contribution in [0.15, 0.2) is 237 Å². The number of rotatable bonds is 6. The summed E-state index contributed by atoms with van der Waals surface area (Å²) in [6.45, 7) is 0. The van der Waals surface area contributed by atoms with E-state index in [9.17, 15) is 0 Å². The summed E-state index contributed by atoms with van der Waals surface area (Å²) in [5, 5.41) is 15.1. The molecule has 3 heteroatoms. The number of hydrogen-bond acceptors (Lipinski definition) is 3. The second-order valence-corrected chi connectivity index (χ2v) is 17.1. The topological polar surface area (TPSA) is 38.7 Å². The number of aromatic nitrogens is 3. The first-order chi connectivity index (χ1) is 32.7. The number of benzene rings is 11. The van der Waals surface area contributed by atoms with Gasteiger partial charge in [0.05, 0.1) is 11.4 Å². The minimum Gasteiger partial charge on any atom is -0.265 e. The van der Waals surface area contributed by atoms with Crippen molar-refractivity contribution < 1.29 is 0 Å². The quantitative estimate of drug-likeness (QED) is 0.157. The van der Waals surface area contributed by atoms with E-state index in [0.29, 0.717) is 5.82 Å². The fourth-order valence-electron chi connectivity index (χ4n) is 10.1. The van der Waals surface area contributed by atoms with Crippen LogP contribution < -0.4 is 0 Å². The molecule has 0 aliphatic carbocycles. The summed E-state index contributed by atoms with van der Waals surface area (Å²) in [4.78, 5) is 14.8. The summed E-state index contributed by atoms with van der Waals surface area (Å²) in [5.74, 6) is 0.682. The molecule has 0 atom stereocenters. The second-order valence-electron chi connectivity index (χ2n) is 17.1. The van der Waals surface area contributed by atoms with E-state index < -0.39 is 0 Å². The van der Waals surface area contributed by atoms with E-state index in [0.717, 1.165) is 61.5 Å². The molecule has 306 valence electrons. The number of fused-ring (bicyclic) bond motifs is 12. The minimum absolute atomic E-state index is 0.682. The Hall–Kier alpha value is -8.79. The van der Waals surface area contributed by atoms with Gasteiger partial charge in [-0.2, -0.15) is 0 Å². The lowest BCUT2D eigenvalue weighted by Gasteiger charge is -2.16. The fourth-order valence-corrected chi connectivity index (χ4v) is 10.1. The van der Waals surface area contributed by atoms with Crippen LogP contribution >= 0.6 is 0 Å². The van der Waals surface area contributed by atoms with Gasteiger partial charge in [0.1, 0.15) is 0 Å². The van der Waals surface area contributed by atoms with Crippen LogP contribution in [0, 0.1) is 0 Å². The van der Waals surface area contributed by atoms with Crippen LogP contribution in [-0.2, 0) is 0 Å². The molecular weight excluding hydrogens is 799 g/mol. The molecule has 2 heterocycles. The highest BCUT2D eigenvalue weighted by molar-refractivity contribution is 6.27. The Labute approximate surface area is 382 Å². The Kier molecular flexibility index (Phi) is 8.85. The summed E-state index contributed by atoms with van der Waals surface area (Å²) in [7, 11) is 0. The van der Waals surface area contributed by atoms with E-state index >= 15 is 0 Å². The molecule has 3 nitrogen and oxygen atoms in total. The van der Waals surface area contributed by atoms with Crippen LogP contribution in [0.1, 0.15) is 0 Å². The van der Waals surface area contributed by atoms with Crippen molar-refractivity contribution in [3.05, 3.63) is 237 Å². The van der Waals surface area contributed by atoms with E-state index in [1.54, 1.807) is 0 Å². The maximum absolute atomic E-state index is 5.37. The maximum atomic E-state index is 5.37. The predicted molar refractivity (Wildman–Crippen MR) is 277 cm³/mol. The molecule has 0 fully saturated rings. The summed E-state index contributed by atoms with van der Waals surface area (Å²) in [6.07, 6.45) is 3.66. The van der Waals surface area contributed by atoms with Gasteiger partial charge in [-0.3, -0.25) is 4.98 Å². The fraction of sp³-hybridized carbons (Fsp3) is 0. The molecule has 11 aromatic carbocycles. The Balaban J connectivity index is 1.05. The lowest BCUT2D eigenvalue weighted by molar-refractivity contribution is 1.18. The standard InChI is InChI=1S/C63H39N3/c1-2-12-43(13-3-1)63-65-61(42-24-22-40(23-25-42)41-30-32-64-33-31-41)39-62(66-63)48-35-46(44-26-28-57-53-18-6-4-14-49(53)51-16-8-10-20-55(51)59(57)37-44)34-47(36-48)45-27-29-58-54-19-7-5-15-50(54)52-17-9-11-21-56(52)60(58)38-45/h1-39H. The van der Waals surface area contributed by atoms with Crippen molar-refractivity contribution in [3.8, 4) is 67.3 Å². The lowest BCUT2D eigenvalue weighted by Crippen LogP contribution is -1.97. The number of hydrogen-bond donors (Lipinski definition) is 0. The first-order valence-corrected chi connectivity index (χ1v) is 22.5. The van der Waals surface area contributed by atoms with Gasteiger partial charge in [0, 0.05) is 29.1 Å². The lowest BCUT2D eigenvalue weighted by atomic mass is 9.89. The van der Waals surface area contributed by atoms with Gasteiger partial charge >= 0.3 is 0 Å². The van der Waals surface area contributed by atoms with E-state index in [1.165, 1.54) is 64.6 Å². The summed E-state index contributed by atoms with van der Waals surface area (Å²) >= 11 is 0. The Morgan fingerprint density at radius 1 is 0.197 bits per heavy atom. The van der Waals surface area contributed by atoms with Crippen molar-refractivity contribution in [2.45, 2.75) is 0 Å². The Morgan fingerprint density at radius 3 is 1.02 bits per heavy atom. The van der Waals surface area contributed by atoms with E-state index in [2.05, 4.69) is 199 Å². The molecule has 0 bridgehead atoms. The second kappa shape index (κ2) is 15.5. The first-order valence-electron chi connectivity index (χ1n) is 22.5. The normalized spacial score (nSPS) is 11.6. The average Bonchev–Trinajstić information content (AvgIpc) is 3.41. The molecule has 2 aromatic heterocycles. The number of pyridine rings is 1. The average molecular weight is 838 g/mol. The molecule has 13 aromatic rings. The molecule has 0 saturated carbocycles. The van der Waals surface area contributed by atoms with Crippen molar-refractivity contribution in [2.75, 3.05) is 0 Å². The van der Waals surface area contributed by atoms with Crippen LogP contribution in [0.2, 0.25) is 0 Å². The zero-order valence-electron chi connectivity index (χ0n) is 35.9. The monoisotopic (exact) mass is 837 g/mol. The zero-order valence-corrected chi connectivity index (χ0v) is 35.9. The van der Waals surface area contributed by atoms with Gasteiger partial charge in [0.25, 0.3) is 0 Å². The van der Waals surface area contributed by atoms with E-state index in [4.69, 9.17) is 9.97 Å². The molecule has 66 heavy (non-hydrogen) atoms. The molecular formula is C63H39N3. The zero-order chi connectivity index (χ0) is 43.6. The van der Waals surface area contributed by atoms with Crippen molar-refractivity contribution in [3.63, 3.8) is 0 Å². The largest absolute Gasteiger partial charge is 0.265 e. The molecule has 0 saturated heterocycles. The van der Waals surface area contributed by atoms with Crippen molar-refractivity contribution in [1.82, 2.24) is 15.0 Å². The molecule has 0 aliphatic rings. The van der Waals surface area contributed by atoms with Gasteiger partial charge in [0.15, 0.2) is 5.82 Å². The van der Waals surface area contributed by atoms with Crippen molar-refractivity contribution in [1.29, 1.82) is 0 Å². The molecule has 0 radical (unpaired) electrons. The smallest absolute Gasteiger partial charge is 0.160 e. The van der Waals surface area contributed by atoms with Crippen molar-refractivity contribution >= 4 is 64.6 Å². The van der Waals surface area contributed by atoms with Crippen molar-refractivity contribution in [2.24, 2.45) is 0 Å². The van der Waals surface area contributed by atoms with E-state index in [-0.39, 0.29) is 0 Å². The number of nitrogens with zero attached hydrogens (tertiary/aromatic N) is 3. The summed E-state index contributed by atoms with van der Waals surface area (Å²) in [6, 6.07) is 81.3. The molecule has 0 aliphatic heterocycles. The molecule has 0 N–H and O–H groups in total. The van der Waals surface area contributed by atoms with Gasteiger partial charge in [-0.15, -0.1) is 0 Å². The predicted octanol–water partition coefficient (Wildman–Crippen LogP) is 16.8. The highest BCUT2D eigenvalue weighted by atomic mass is 14.9. The molecule has 0 amide bonds. The molecule has 0 spiro atoms. The van der Waals surface area contributed by atoms with Crippen LogP contribution in [0.4, 0.5) is 0 Å². The third-order valence-corrected chi connectivity index (χ3v) is 13.3. The highest BCUT2D eigenvalue weighted by Gasteiger charge is 2.17. The minimum atomic E-state index is 0.682. The summed E-state index contributed by atoms with van der Waals surface area (Å²) < 4.78 is 0. The SMILES string of the molecule is c1ccc(-c2nc(-c3ccc(-c4ccncc4)cc3)cc(-c3cc(-c4ccc5c6ccccc6c6ccccc6c5c4)cc(-c4ccc5c6ccccc6c6ccccc6c5c4)c3)n2)cc1. The third-order valence-electron chi connectivity index (χ3n) is 13.3. The van der Waals surface area contributed by atoms with Gasteiger partial charge in [-0.25, -0.2) is 9.97 Å². The third kappa shape index (κ3) is 6.40. The van der Waals surface area contributed by atoms with Gasteiger partial charge in [0.2, 0.25) is 0 Å². The van der Waals surface area contributed by atoms with Gasteiger partial charge < -0.3 is 0 Å².